The van der Waals surface area contributed by atoms with Crippen LogP contribution in [-0.2, 0) is 6.54 Å². The van der Waals surface area contributed by atoms with Crippen molar-refractivity contribution < 1.29 is 9.50 Å². The Morgan fingerprint density at radius 1 is 1.42 bits per heavy atom. The molecule has 4 heteroatoms. The Labute approximate surface area is 114 Å². The van der Waals surface area contributed by atoms with E-state index in [1.165, 1.54) is 18.2 Å². The summed E-state index contributed by atoms with van der Waals surface area (Å²) in [6, 6.07) is 6.12. The number of aliphatic hydroxyl groups is 1. The molecule has 1 atom stereocenters. The van der Waals surface area contributed by atoms with Gasteiger partial charge in [-0.1, -0.05) is 20.8 Å². The monoisotopic (exact) mass is 264 g/mol. The van der Waals surface area contributed by atoms with E-state index in [9.17, 15) is 9.50 Å². The Morgan fingerprint density at radius 3 is 2.68 bits per heavy atom. The average molecular weight is 264 g/mol. The molecular weight excluding hydrogens is 243 g/mol. The topological polar surface area (TPSA) is 56.0 Å². The van der Waals surface area contributed by atoms with Gasteiger partial charge in [0.05, 0.1) is 17.7 Å². The fourth-order valence-corrected chi connectivity index (χ4v) is 1.97. The Kier molecular flexibility index (Phi) is 5.46. The molecule has 0 radical (unpaired) electrons. The first-order valence-corrected chi connectivity index (χ1v) is 6.39. The second-order valence-electron chi connectivity index (χ2n) is 5.96. The van der Waals surface area contributed by atoms with Crippen molar-refractivity contribution in [3.05, 3.63) is 35.1 Å². The minimum absolute atomic E-state index is 0.0672. The maximum absolute atomic E-state index is 13.1. The van der Waals surface area contributed by atoms with Gasteiger partial charge < -0.3 is 10.4 Å². The molecule has 104 valence electrons. The minimum Gasteiger partial charge on any atom is -0.392 e. The van der Waals surface area contributed by atoms with E-state index >= 15 is 0 Å². The van der Waals surface area contributed by atoms with Gasteiger partial charge in [0.1, 0.15) is 5.82 Å². The van der Waals surface area contributed by atoms with Gasteiger partial charge in [-0.2, -0.15) is 5.26 Å². The number of halogens is 1. The van der Waals surface area contributed by atoms with E-state index in [1.807, 2.05) is 6.07 Å². The van der Waals surface area contributed by atoms with Gasteiger partial charge in [-0.25, -0.2) is 4.39 Å². The lowest BCUT2D eigenvalue weighted by molar-refractivity contribution is 0.119. The van der Waals surface area contributed by atoms with Gasteiger partial charge in [0.2, 0.25) is 0 Å². The van der Waals surface area contributed by atoms with Crippen molar-refractivity contribution in [2.75, 3.05) is 6.54 Å². The zero-order valence-corrected chi connectivity index (χ0v) is 11.7. The van der Waals surface area contributed by atoms with E-state index < -0.39 is 6.10 Å². The molecule has 3 nitrogen and oxygen atoms in total. The highest BCUT2D eigenvalue weighted by atomic mass is 19.1. The Morgan fingerprint density at radius 2 is 2.11 bits per heavy atom. The van der Waals surface area contributed by atoms with Crippen LogP contribution in [-0.4, -0.2) is 17.8 Å². The highest BCUT2D eigenvalue weighted by molar-refractivity contribution is 5.37. The summed E-state index contributed by atoms with van der Waals surface area (Å²) in [4.78, 5) is 0. The van der Waals surface area contributed by atoms with Crippen LogP contribution >= 0.6 is 0 Å². The molecular formula is C15H21FN2O. The van der Waals surface area contributed by atoms with E-state index in [0.29, 0.717) is 30.6 Å². The van der Waals surface area contributed by atoms with Crippen molar-refractivity contribution in [2.45, 2.75) is 39.8 Å². The molecule has 1 aromatic carbocycles. The van der Waals surface area contributed by atoms with Crippen LogP contribution < -0.4 is 5.32 Å². The summed E-state index contributed by atoms with van der Waals surface area (Å²) in [5.74, 6) is -0.356. The zero-order chi connectivity index (χ0) is 14.5. The number of nitrogens with one attached hydrogen (secondary N) is 1. The molecule has 2 N–H and O–H groups in total. The molecule has 1 unspecified atom stereocenters. The third kappa shape index (κ3) is 5.82. The summed E-state index contributed by atoms with van der Waals surface area (Å²) in [6.07, 6.45) is 0.243. The molecule has 0 saturated carbocycles. The Hall–Kier alpha value is -1.44. The van der Waals surface area contributed by atoms with E-state index in [2.05, 4.69) is 26.1 Å². The highest BCUT2D eigenvalue weighted by Crippen LogP contribution is 2.20. The lowest BCUT2D eigenvalue weighted by Crippen LogP contribution is -2.30. The van der Waals surface area contributed by atoms with E-state index in [1.54, 1.807) is 0 Å². The molecule has 1 rings (SSSR count). The maximum Gasteiger partial charge on any atom is 0.123 e. The van der Waals surface area contributed by atoms with Crippen LogP contribution in [0.3, 0.4) is 0 Å². The van der Waals surface area contributed by atoms with E-state index in [4.69, 9.17) is 5.26 Å². The number of nitriles is 1. The largest absolute Gasteiger partial charge is 0.392 e. The van der Waals surface area contributed by atoms with Crippen molar-refractivity contribution in [3.63, 3.8) is 0 Å². The first-order valence-electron chi connectivity index (χ1n) is 6.39. The first kappa shape index (κ1) is 15.6. The van der Waals surface area contributed by atoms with Crippen molar-refractivity contribution in [3.8, 4) is 6.07 Å². The molecule has 0 saturated heterocycles. The Balaban J connectivity index is 2.50. The smallest absolute Gasteiger partial charge is 0.123 e. The number of hydrogen-bond acceptors (Lipinski definition) is 3. The molecule has 0 aliphatic rings. The SMILES string of the molecule is CC(C)(C)CC(O)CNCc1cc(F)ccc1C#N. The number of aliphatic hydroxyl groups excluding tert-OH is 1. The molecule has 1 aromatic rings. The highest BCUT2D eigenvalue weighted by Gasteiger charge is 2.16. The van der Waals surface area contributed by atoms with Crippen LogP contribution in [0.5, 0.6) is 0 Å². The average Bonchev–Trinajstić information content (AvgIpc) is 2.27. The van der Waals surface area contributed by atoms with E-state index in [-0.39, 0.29) is 11.2 Å². The molecule has 0 aromatic heterocycles. The summed E-state index contributed by atoms with van der Waals surface area (Å²) < 4.78 is 13.1. The van der Waals surface area contributed by atoms with Crippen LogP contribution in [0.1, 0.15) is 38.3 Å². The zero-order valence-electron chi connectivity index (χ0n) is 11.7. The minimum atomic E-state index is -0.445. The predicted molar refractivity (Wildman–Crippen MR) is 72.9 cm³/mol. The van der Waals surface area contributed by atoms with Gasteiger partial charge in [-0.15, -0.1) is 0 Å². The summed E-state index contributed by atoms with van der Waals surface area (Å²) in [7, 11) is 0. The van der Waals surface area contributed by atoms with Gasteiger partial charge in [0, 0.05) is 13.1 Å². The normalized spacial score (nSPS) is 13.1. The summed E-state index contributed by atoms with van der Waals surface area (Å²) in [5, 5.41) is 21.8. The van der Waals surface area contributed by atoms with Crippen molar-refractivity contribution in [2.24, 2.45) is 5.41 Å². The molecule has 0 amide bonds. The standard InChI is InChI=1S/C15H21FN2O/c1-15(2,3)7-14(19)10-18-9-12-6-13(16)5-4-11(12)8-17/h4-6,14,18-19H,7,9-10H2,1-3H3. The van der Waals surface area contributed by atoms with Gasteiger partial charge in [-0.3, -0.25) is 0 Å². The lowest BCUT2D eigenvalue weighted by Gasteiger charge is -2.22. The number of benzene rings is 1. The third-order valence-corrected chi connectivity index (χ3v) is 2.73. The quantitative estimate of drug-likeness (QED) is 0.859. The fourth-order valence-electron chi connectivity index (χ4n) is 1.97. The first-order chi connectivity index (χ1) is 8.81. The van der Waals surface area contributed by atoms with Crippen LogP contribution in [0.4, 0.5) is 4.39 Å². The summed E-state index contributed by atoms with van der Waals surface area (Å²) in [5.41, 5.74) is 1.14. The second kappa shape index (κ2) is 6.65. The predicted octanol–water partition coefficient (Wildman–Crippen LogP) is 2.58. The summed E-state index contributed by atoms with van der Waals surface area (Å²) in [6.45, 7) is 7.00. The molecule has 0 spiro atoms. The lowest BCUT2D eigenvalue weighted by atomic mass is 9.89. The molecule has 0 aliphatic carbocycles. The maximum atomic E-state index is 13.1. The van der Waals surface area contributed by atoms with Crippen LogP contribution in [0, 0.1) is 22.6 Å². The fraction of sp³-hybridized carbons (Fsp3) is 0.533. The molecule has 0 bridgehead atoms. The molecule has 0 fully saturated rings. The third-order valence-electron chi connectivity index (χ3n) is 2.73. The van der Waals surface area contributed by atoms with Crippen LogP contribution in [0.15, 0.2) is 18.2 Å². The van der Waals surface area contributed by atoms with Crippen molar-refractivity contribution >= 4 is 0 Å². The van der Waals surface area contributed by atoms with Crippen LogP contribution in [0.2, 0.25) is 0 Å². The van der Waals surface area contributed by atoms with Crippen molar-refractivity contribution in [1.82, 2.24) is 5.32 Å². The number of hydrogen-bond donors (Lipinski definition) is 2. The molecule has 19 heavy (non-hydrogen) atoms. The number of nitrogens with zero attached hydrogens (tertiary/aromatic N) is 1. The number of rotatable bonds is 5. The Bertz CT molecular complexity index is 460. The van der Waals surface area contributed by atoms with Crippen LogP contribution in [0.25, 0.3) is 0 Å². The van der Waals surface area contributed by atoms with Gasteiger partial charge in [0.25, 0.3) is 0 Å². The van der Waals surface area contributed by atoms with Gasteiger partial charge in [-0.05, 0) is 35.6 Å². The second-order valence-corrected chi connectivity index (χ2v) is 5.96. The molecule has 0 heterocycles. The summed E-state index contributed by atoms with van der Waals surface area (Å²) >= 11 is 0. The molecule has 0 aliphatic heterocycles. The van der Waals surface area contributed by atoms with Gasteiger partial charge >= 0.3 is 0 Å². The van der Waals surface area contributed by atoms with Gasteiger partial charge in [0.15, 0.2) is 0 Å². The van der Waals surface area contributed by atoms with Crippen molar-refractivity contribution in [1.29, 1.82) is 5.26 Å². The van der Waals surface area contributed by atoms with E-state index in [0.717, 1.165) is 0 Å².